The Labute approximate surface area is 154 Å². The summed E-state index contributed by atoms with van der Waals surface area (Å²) in [7, 11) is 0. The normalized spacial score (nSPS) is 20.2. The Balaban J connectivity index is 1.52. The summed E-state index contributed by atoms with van der Waals surface area (Å²) in [4.78, 5) is 13.2. The molecule has 1 aliphatic rings. The van der Waals surface area contributed by atoms with Gasteiger partial charge in [0.15, 0.2) is 0 Å². The van der Waals surface area contributed by atoms with Gasteiger partial charge in [0.1, 0.15) is 5.75 Å². The minimum absolute atomic E-state index is 0.0129. The van der Waals surface area contributed by atoms with Crippen LogP contribution in [0.1, 0.15) is 4.88 Å². The number of ether oxygens (including phenoxy) is 2. The van der Waals surface area contributed by atoms with Gasteiger partial charge in [0.05, 0.1) is 25.7 Å². The zero-order chi connectivity index (χ0) is 16.9. The molecular weight excluding hydrogens is 369 g/mol. The van der Waals surface area contributed by atoms with Gasteiger partial charge in [-0.15, -0.1) is 11.3 Å². The Kier molecular flexibility index (Phi) is 6.00. The number of thiophene rings is 1. The fourth-order valence-corrected chi connectivity index (χ4v) is 3.75. The van der Waals surface area contributed by atoms with Crippen molar-refractivity contribution in [1.29, 1.82) is 0 Å². The van der Waals surface area contributed by atoms with Crippen LogP contribution in [0.3, 0.4) is 0 Å². The smallest absolute Gasteiger partial charge is 0.225 e. The van der Waals surface area contributed by atoms with Crippen molar-refractivity contribution in [1.82, 2.24) is 5.32 Å². The monoisotopic (exact) mass is 385 g/mol. The number of hydrogen-bond acceptors (Lipinski definition) is 4. The summed E-state index contributed by atoms with van der Waals surface area (Å²) in [5.74, 6) is 0.460. The maximum atomic E-state index is 12.0. The van der Waals surface area contributed by atoms with Gasteiger partial charge in [-0.1, -0.05) is 29.3 Å². The van der Waals surface area contributed by atoms with Crippen LogP contribution < -0.4 is 10.1 Å². The molecule has 0 unspecified atom stereocenters. The zero-order valence-corrected chi connectivity index (χ0v) is 15.2. The van der Waals surface area contributed by atoms with E-state index in [2.05, 4.69) is 5.32 Å². The molecule has 1 amide bonds. The lowest BCUT2D eigenvalue weighted by Crippen LogP contribution is -2.27. The molecule has 2 aromatic rings. The summed E-state index contributed by atoms with van der Waals surface area (Å²) in [6.07, 6.45) is 0. The number of nitrogens with one attached hydrogen (secondary N) is 1. The third kappa shape index (κ3) is 4.63. The third-order valence-electron chi connectivity index (χ3n) is 3.87. The number of halogens is 2. The molecule has 1 aromatic carbocycles. The molecule has 2 atom stereocenters. The quantitative estimate of drug-likeness (QED) is 0.782. The Morgan fingerprint density at radius 3 is 2.71 bits per heavy atom. The van der Waals surface area contributed by atoms with Crippen LogP contribution in [0.25, 0.3) is 0 Å². The van der Waals surface area contributed by atoms with Crippen LogP contribution in [0.2, 0.25) is 10.0 Å². The molecule has 24 heavy (non-hydrogen) atoms. The van der Waals surface area contributed by atoms with E-state index >= 15 is 0 Å². The van der Waals surface area contributed by atoms with E-state index in [1.54, 1.807) is 29.5 Å². The first-order valence-corrected chi connectivity index (χ1v) is 9.22. The van der Waals surface area contributed by atoms with E-state index in [1.807, 2.05) is 17.5 Å². The molecule has 0 bridgehead atoms. The molecule has 0 saturated carbocycles. The Bertz CT molecular complexity index is 673. The SMILES string of the molecule is O=C1NC[C@H](COc2cc(Cl)cc(Cl)c2)[C@H]1COCc1cccs1. The highest BCUT2D eigenvalue weighted by Crippen LogP contribution is 2.26. The van der Waals surface area contributed by atoms with Crippen molar-refractivity contribution in [3.8, 4) is 5.75 Å². The summed E-state index contributed by atoms with van der Waals surface area (Å²) >= 11 is 13.6. The van der Waals surface area contributed by atoms with Gasteiger partial charge in [-0.2, -0.15) is 0 Å². The highest BCUT2D eigenvalue weighted by atomic mass is 35.5. The van der Waals surface area contributed by atoms with Crippen molar-refractivity contribution in [2.45, 2.75) is 6.61 Å². The Morgan fingerprint density at radius 1 is 1.21 bits per heavy atom. The Morgan fingerprint density at radius 2 is 2.00 bits per heavy atom. The Hall–Kier alpha value is -1.27. The first-order chi connectivity index (χ1) is 11.6. The number of benzene rings is 1. The average Bonchev–Trinajstić information content (AvgIpc) is 3.16. The second-order valence-corrected chi connectivity index (χ2v) is 7.53. The lowest BCUT2D eigenvalue weighted by atomic mass is 9.97. The van der Waals surface area contributed by atoms with E-state index in [0.29, 0.717) is 42.2 Å². The van der Waals surface area contributed by atoms with Crippen LogP contribution in [0.4, 0.5) is 0 Å². The molecule has 128 valence electrons. The van der Waals surface area contributed by atoms with E-state index in [-0.39, 0.29) is 17.7 Å². The minimum atomic E-state index is -0.209. The number of carbonyl (C=O) groups excluding carboxylic acids is 1. The first-order valence-electron chi connectivity index (χ1n) is 7.58. The largest absolute Gasteiger partial charge is 0.493 e. The van der Waals surface area contributed by atoms with E-state index in [1.165, 1.54) is 0 Å². The fraction of sp³-hybridized carbons (Fsp3) is 0.353. The predicted octanol–water partition coefficient (Wildman–Crippen LogP) is 4.01. The van der Waals surface area contributed by atoms with E-state index in [9.17, 15) is 4.79 Å². The molecule has 2 heterocycles. The summed E-state index contributed by atoms with van der Waals surface area (Å²) in [5, 5.41) is 5.93. The van der Waals surface area contributed by atoms with Gasteiger partial charge in [-0.3, -0.25) is 4.79 Å². The molecular formula is C17H17Cl2NO3S. The van der Waals surface area contributed by atoms with Crippen LogP contribution in [-0.2, 0) is 16.1 Å². The maximum Gasteiger partial charge on any atom is 0.225 e. The fourth-order valence-electron chi connectivity index (χ4n) is 2.60. The molecule has 0 aliphatic carbocycles. The van der Waals surface area contributed by atoms with Crippen LogP contribution in [0.5, 0.6) is 5.75 Å². The minimum Gasteiger partial charge on any atom is -0.493 e. The topological polar surface area (TPSA) is 47.6 Å². The van der Waals surface area contributed by atoms with Crippen LogP contribution in [0.15, 0.2) is 35.7 Å². The maximum absolute atomic E-state index is 12.0. The van der Waals surface area contributed by atoms with E-state index in [4.69, 9.17) is 32.7 Å². The summed E-state index contributed by atoms with van der Waals surface area (Å²) in [6, 6.07) is 9.07. The lowest BCUT2D eigenvalue weighted by molar-refractivity contribution is -0.125. The van der Waals surface area contributed by atoms with Crippen molar-refractivity contribution in [3.05, 3.63) is 50.6 Å². The van der Waals surface area contributed by atoms with Gasteiger partial charge < -0.3 is 14.8 Å². The lowest BCUT2D eigenvalue weighted by Gasteiger charge is -2.17. The van der Waals surface area contributed by atoms with E-state index < -0.39 is 0 Å². The predicted molar refractivity (Wildman–Crippen MR) is 95.9 cm³/mol. The average molecular weight is 386 g/mol. The summed E-state index contributed by atoms with van der Waals surface area (Å²) in [6.45, 7) is 1.90. The molecule has 4 nitrogen and oxygen atoms in total. The van der Waals surface area contributed by atoms with Crippen LogP contribution >= 0.6 is 34.5 Å². The van der Waals surface area contributed by atoms with Gasteiger partial charge in [0.2, 0.25) is 5.91 Å². The second-order valence-electron chi connectivity index (χ2n) is 5.62. The van der Waals surface area contributed by atoms with Gasteiger partial charge in [0.25, 0.3) is 0 Å². The summed E-state index contributed by atoms with van der Waals surface area (Å²) in [5.41, 5.74) is 0. The van der Waals surface area contributed by atoms with Gasteiger partial charge in [0, 0.05) is 27.4 Å². The van der Waals surface area contributed by atoms with Crippen LogP contribution in [0, 0.1) is 11.8 Å². The number of amides is 1. The zero-order valence-electron chi connectivity index (χ0n) is 12.8. The van der Waals surface area contributed by atoms with Gasteiger partial charge in [-0.05, 0) is 29.6 Å². The second kappa shape index (κ2) is 8.21. The molecule has 1 aliphatic heterocycles. The molecule has 1 fully saturated rings. The van der Waals surface area contributed by atoms with Gasteiger partial charge in [-0.25, -0.2) is 0 Å². The van der Waals surface area contributed by atoms with Crippen molar-refractivity contribution in [3.63, 3.8) is 0 Å². The van der Waals surface area contributed by atoms with Crippen molar-refractivity contribution < 1.29 is 14.3 Å². The molecule has 1 N–H and O–H groups in total. The molecule has 3 rings (SSSR count). The van der Waals surface area contributed by atoms with Crippen molar-refractivity contribution in [2.24, 2.45) is 11.8 Å². The molecule has 1 saturated heterocycles. The molecule has 1 aromatic heterocycles. The molecule has 0 radical (unpaired) electrons. The highest BCUT2D eigenvalue weighted by Gasteiger charge is 2.35. The highest BCUT2D eigenvalue weighted by molar-refractivity contribution is 7.09. The van der Waals surface area contributed by atoms with Crippen LogP contribution in [-0.4, -0.2) is 25.7 Å². The third-order valence-corrected chi connectivity index (χ3v) is 5.15. The van der Waals surface area contributed by atoms with E-state index in [0.717, 1.165) is 4.88 Å². The molecule has 0 spiro atoms. The standard InChI is InChI=1S/C17H17Cl2NO3S/c18-12-4-13(19)6-14(5-12)23-8-11-7-20-17(21)16(11)10-22-9-15-2-1-3-24-15/h1-6,11,16H,7-10H2,(H,20,21)/t11-,16-/m1/s1. The van der Waals surface area contributed by atoms with Gasteiger partial charge >= 0.3 is 0 Å². The van der Waals surface area contributed by atoms with Crippen molar-refractivity contribution >= 4 is 40.4 Å². The molecule has 7 heteroatoms. The first kappa shape index (κ1) is 17.5. The van der Waals surface area contributed by atoms with Crippen molar-refractivity contribution in [2.75, 3.05) is 19.8 Å². The number of rotatable bonds is 7. The number of hydrogen-bond donors (Lipinski definition) is 1. The summed E-state index contributed by atoms with van der Waals surface area (Å²) < 4.78 is 11.5. The number of carbonyl (C=O) groups is 1.